The minimum absolute atomic E-state index is 0.0358. The lowest BCUT2D eigenvalue weighted by Gasteiger charge is -2.32. The maximum absolute atomic E-state index is 12.9. The summed E-state index contributed by atoms with van der Waals surface area (Å²) in [6, 6.07) is 12.3. The number of carbonyl (C=O) groups is 1. The third-order valence-corrected chi connectivity index (χ3v) is 10.7. The number of carbonyl (C=O) groups excluding carboxylic acids is 1. The van der Waals surface area contributed by atoms with Gasteiger partial charge in [0.25, 0.3) is 0 Å². The number of thiophene rings is 1. The second kappa shape index (κ2) is 12.2. The molecule has 1 aliphatic heterocycles. The third kappa shape index (κ3) is 6.60. The highest BCUT2D eigenvalue weighted by Crippen LogP contribution is 2.46. The molecule has 0 unspecified atom stereocenters. The minimum atomic E-state index is -3.51. The molecule has 2 aromatic carbocycles. The molecule has 0 amide bonds. The Hall–Kier alpha value is -2.37. The summed E-state index contributed by atoms with van der Waals surface area (Å²) in [5, 5.41) is 13.7. The number of rotatable bonds is 9. The molecular weight excluding hydrogens is 639 g/mol. The van der Waals surface area contributed by atoms with Crippen LogP contribution in [0.3, 0.4) is 0 Å². The van der Waals surface area contributed by atoms with Crippen molar-refractivity contribution in [1.82, 2.24) is 4.31 Å². The van der Waals surface area contributed by atoms with Gasteiger partial charge in [-0.1, -0.05) is 41.4 Å². The van der Waals surface area contributed by atoms with Gasteiger partial charge in [-0.2, -0.15) is 0 Å². The van der Waals surface area contributed by atoms with Crippen LogP contribution in [0.4, 0.5) is 5.69 Å². The molecule has 38 heavy (non-hydrogen) atoms. The standard InChI is InChI=1S/C25H21BrCl2N2O6S2/c26-21-22(36-11-10-31)24(25(32)33)37-23(21)16-2-1-3-18(13-16)29-17-6-8-30(9-7-17)38(34,35)14-15-4-5-19(27)20(28)12-15/h1-5,11-13,17,29H,6-9,14H2,(H,32,33). The smallest absolute Gasteiger partial charge is 0.349 e. The van der Waals surface area contributed by atoms with Gasteiger partial charge in [-0.3, -0.25) is 0 Å². The van der Waals surface area contributed by atoms with Gasteiger partial charge in [0.15, 0.2) is 22.8 Å². The molecule has 2 heterocycles. The van der Waals surface area contributed by atoms with Crippen LogP contribution in [0.5, 0.6) is 5.75 Å². The van der Waals surface area contributed by atoms with Gasteiger partial charge in [-0.15, -0.1) is 11.3 Å². The van der Waals surface area contributed by atoms with E-state index < -0.39 is 16.0 Å². The van der Waals surface area contributed by atoms with Crippen LogP contribution in [-0.2, 0) is 20.6 Å². The number of hydrogen-bond donors (Lipinski definition) is 2. The first kappa shape index (κ1) is 28.6. The van der Waals surface area contributed by atoms with Crippen molar-refractivity contribution in [3.63, 3.8) is 0 Å². The van der Waals surface area contributed by atoms with E-state index in [0.29, 0.717) is 50.9 Å². The van der Waals surface area contributed by atoms with Crippen LogP contribution in [0.1, 0.15) is 28.1 Å². The van der Waals surface area contributed by atoms with Gasteiger partial charge in [0.1, 0.15) is 0 Å². The predicted molar refractivity (Wildman–Crippen MR) is 153 cm³/mol. The van der Waals surface area contributed by atoms with Crippen molar-refractivity contribution in [3.8, 4) is 16.2 Å². The fourth-order valence-electron chi connectivity index (χ4n) is 4.11. The summed E-state index contributed by atoms with van der Waals surface area (Å²) < 4.78 is 33.0. The highest BCUT2D eigenvalue weighted by molar-refractivity contribution is 9.10. The maximum atomic E-state index is 12.9. The number of anilines is 1. The van der Waals surface area contributed by atoms with E-state index in [4.69, 9.17) is 27.9 Å². The minimum Gasteiger partial charge on any atom is -0.477 e. The number of nitrogens with zero attached hydrogens (tertiary/aromatic N) is 1. The molecule has 0 aliphatic carbocycles. The summed E-state index contributed by atoms with van der Waals surface area (Å²) in [5.41, 5.74) is 2.14. The molecule has 13 heteroatoms. The largest absolute Gasteiger partial charge is 0.477 e. The normalized spacial score (nSPS) is 14.6. The summed E-state index contributed by atoms with van der Waals surface area (Å²) in [4.78, 5) is 22.8. The Balaban J connectivity index is 1.43. The lowest BCUT2D eigenvalue weighted by molar-refractivity contribution is 0.0699. The van der Waals surface area contributed by atoms with Crippen molar-refractivity contribution < 1.29 is 27.9 Å². The second-order valence-electron chi connectivity index (χ2n) is 8.47. The molecule has 8 nitrogen and oxygen atoms in total. The van der Waals surface area contributed by atoms with E-state index in [1.165, 1.54) is 10.2 Å². The molecule has 0 spiro atoms. The first-order chi connectivity index (χ1) is 18.1. The molecule has 1 fully saturated rings. The second-order valence-corrected chi connectivity index (χ2v) is 13.1. The molecular formula is C25H21BrCl2N2O6S2. The van der Waals surface area contributed by atoms with E-state index in [9.17, 15) is 23.1 Å². The van der Waals surface area contributed by atoms with Crippen LogP contribution in [0.2, 0.25) is 10.0 Å². The monoisotopic (exact) mass is 658 g/mol. The Morgan fingerprint density at radius 2 is 1.95 bits per heavy atom. The van der Waals surface area contributed by atoms with Gasteiger partial charge in [0.2, 0.25) is 10.0 Å². The number of halogens is 3. The zero-order valence-corrected chi connectivity index (χ0v) is 24.3. The molecule has 0 saturated carbocycles. The third-order valence-electron chi connectivity index (χ3n) is 5.90. The summed E-state index contributed by atoms with van der Waals surface area (Å²) in [6.45, 7) is 0.759. The van der Waals surface area contributed by atoms with Gasteiger partial charge in [-0.05, 0) is 64.2 Å². The topological polar surface area (TPSA) is 113 Å². The van der Waals surface area contributed by atoms with E-state index >= 15 is 0 Å². The number of carboxylic acid groups (broad SMARTS) is 1. The average molecular weight is 660 g/mol. The Labute approximate surface area is 242 Å². The molecule has 200 valence electrons. The molecule has 1 aliphatic rings. The lowest BCUT2D eigenvalue weighted by atomic mass is 10.1. The molecule has 0 atom stereocenters. The highest BCUT2D eigenvalue weighted by atomic mass is 79.9. The molecule has 0 bridgehead atoms. The van der Waals surface area contributed by atoms with Gasteiger partial charge in [0.05, 0.1) is 25.1 Å². The van der Waals surface area contributed by atoms with Crippen molar-refractivity contribution in [2.75, 3.05) is 18.4 Å². The Morgan fingerprint density at radius 3 is 2.61 bits per heavy atom. The van der Waals surface area contributed by atoms with E-state index in [2.05, 4.69) is 21.2 Å². The zero-order chi connectivity index (χ0) is 27.4. The highest BCUT2D eigenvalue weighted by Gasteiger charge is 2.29. The van der Waals surface area contributed by atoms with Gasteiger partial charge < -0.3 is 15.2 Å². The van der Waals surface area contributed by atoms with Gasteiger partial charge in [-0.25, -0.2) is 22.3 Å². The van der Waals surface area contributed by atoms with Gasteiger partial charge >= 0.3 is 5.97 Å². The van der Waals surface area contributed by atoms with Crippen LogP contribution in [0, 0.1) is 0 Å². The van der Waals surface area contributed by atoms with Crippen molar-refractivity contribution in [2.24, 2.45) is 0 Å². The van der Waals surface area contributed by atoms with Crippen molar-refractivity contribution in [1.29, 1.82) is 0 Å². The van der Waals surface area contributed by atoms with Crippen LogP contribution >= 0.6 is 50.5 Å². The number of carboxylic acids is 1. The number of piperidine rings is 1. The number of sulfonamides is 1. The molecule has 1 saturated heterocycles. The summed E-state index contributed by atoms with van der Waals surface area (Å²) >= 11 is 16.4. The average Bonchev–Trinajstić information content (AvgIpc) is 3.21. The number of benzene rings is 2. The van der Waals surface area contributed by atoms with Crippen LogP contribution < -0.4 is 10.1 Å². The van der Waals surface area contributed by atoms with Crippen molar-refractivity contribution in [2.45, 2.75) is 24.6 Å². The maximum Gasteiger partial charge on any atom is 0.349 e. The molecule has 2 N–H and O–H groups in total. The first-order valence-corrected chi connectivity index (χ1v) is 15.3. The summed E-state index contributed by atoms with van der Waals surface area (Å²) in [7, 11) is -3.51. The quantitative estimate of drug-likeness (QED) is 0.204. The Morgan fingerprint density at radius 1 is 1.21 bits per heavy atom. The van der Waals surface area contributed by atoms with Crippen molar-refractivity contribution >= 4 is 78.1 Å². The lowest BCUT2D eigenvalue weighted by Crippen LogP contribution is -2.42. The number of ether oxygens (including phenoxy) is 1. The van der Waals surface area contributed by atoms with E-state index in [1.807, 2.05) is 24.3 Å². The Bertz CT molecular complexity index is 1510. The number of aromatic carboxylic acids is 1. The molecule has 0 radical (unpaired) electrons. The zero-order valence-electron chi connectivity index (χ0n) is 19.6. The molecule has 3 aromatic rings. The SMILES string of the molecule is O=C=COc1c(C(=O)O)sc(-c2cccc(NC3CCN(S(=O)(=O)Cc4ccc(Cl)c(Cl)c4)CC3)c2)c1Br. The summed E-state index contributed by atoms with van der Waals surface area (Å²) in [5.74, 6) is 0.189. The fourth-order valence-corrected chi connectivity index (χ4v) is 7.83. The van der Waals surface area contributed by atoms with Crippen LogP contribution in [-0.4, -0.2) is 48.9 Å². The summed E-state index contributed by atoms with van der Waals surface area (Å²) in [6.07, 6.45) is 2.00. The Kier molecular flexibility index (Phi) is 9.20. The predicted octanol–water partition coefficient (Wildman–Crippen LogP) is 6.31. The van der Waals surface area contributed by atoms with Crippen molar-refractivity contribution in [3.05, 3.63) is 73.7 Å². The van der Waals surface area contributed by atoms with E-state index in [0.717, 1.165) is 28.8 Å². The van der Waals surface area contributed by atoms with Gasteiger partial charge in [0, 0.05) is 24.8 Å². The first-order valence-electron chi connectivity index (χ1n) is 11.3. The van der Waals surface area contributed by atoms with E-state index in [-0.39, 0.29) is 22.4 Å². The number of nitrogens with one attached hydrogen (secondary N) is 1. The molecule has 1 aromatic heterocycles. The molecule has 4 rings (SSSR count). The van der Waals surface area contributed by atoms with E-state index in [1.54, 1.807) is 18.2 Å². The number of hydrogen-bond acceptors (Lipinski definition) is 7. The van der Waals surface area contributed by atoms with Crippen LogP contribution in [0.25, 0.3) is 10.4 Å². The fraction of sp³-hybridized carbons (Fsp3) is 0.240. The van der Waals surface area contributed by atoms with Crippen LogP contribution in [0.15, 0.2) is 53.2 Å².